The minimum Gasteiger partial charge on any atom is -0.478 e. The van der Waals surface area contributed by atoms with E-state index in [9.17, 15) is 4.79 Å². The Kier molecular flexibility index (Phi) is 5.69. The molecule has 1 fully saturated rings. The second-order valence-corrected chi connectivity index (χ2v) is 5.48. The molecule has 1 saturated carbocycles. The van der Waals surface area contributed by atoms with Crippen LogP contribution >= 0.6 is 0 Å². The Bertz CT molecular complexity index is 278. The molecule has 0 bridgehead atoms. The van der Waals surface area contributed by atoms with E-state index in [0.717, 1.165) is 13.1 Å². The summed E-state index contributed by atoms with van der Waals surface area (Å²) in [4.78, 5) is 13.2. The van der Waals surface area contributed by atoms with E-state index < -0.39 is 5.97 Å². The van der Waals surface area contributed by atoms with Crippen molar-refractivity contribution >= 4 is 5.97 Å². The molecule has 0 spiro atoms. The number of carboxylic acids is 1. The molecule has 3 nitrogen and oxygen atoms in total. The molecule has 3 heteroatoms. The van der Waals surface area contributed by atoms with Crippen LogP contribution in [0, 0.1) is 5.92 Å². The van der Waals surface area contributed by atoms with Gasteiger partial charge in [-0.2, -0.15) is 0 Å². The summed E-state index contributed by atoms with van der Waals surface area (Å²) in [5.74, 6) is -0.171. The van der Waals surface area contributed by atoms with E-state index >= 15 is 0 Å². The lowest BCUT2D eigenvalue weighted by Gasteiger charge is -2.29. The van der Waals surface area contributed by atoms with Gasteiger partial charge in [-0.15, -0.1) is 0 Å². The molecule has 0 saturated heterocycles. The maximum absolute atomic E-state index is 10.8. The number of rotatable bonds is 6. The number of hydrogen-bond acceptors (Lipinski definition) is 2. The minimum absolute atomic E-state index is 0.455. The van der Waals surface area contributed by atoms with Crippen LogP contribution < -0.4 is 0 Å². The van der Waals surface area contributed by atoms with Crippen molar-refractivity contribution in [1.82, 2.24) is 4.90 Å². The molecule has 0 aromatic heterocycles. The van der Waals surface area contributed by atoms with Gasteiger partial charge in [0.05, 0.1) is 0 Å². The SMILES string of the molecule is CC(=CCN(CC(C)C)C1CCCC1)C(=O)O. The molecule has 98 valence electrons. The van der Waals surface area contributed by atoms with Gasteiger partial charge in [0.15, 0.2) is 0 Å². The third-order valence-electron chi connectivity index (χ3n) is 3.41. The minimum atomic E-state index is -0.805. The monoisotopic (exact) mass is 239 g/mol. The number of carbonyl (C=O) groups is 1. The Morgan fingerprint density at radius 3 is 2.47 bits per heavy atom. The molecule has 0 amide bonds. The second-order valence-electron chi connectivity index (χ2n) is 5.48. The zero-order valence-electron chi connectivity index (χ0n) is 11.3. The van der Waals surface area contributed by atoms with Crippen LogP contribution in [-0.4, -0.2) is 35.1 Å². The second kappa shape index (κ2) is 6.80. The first-order valence-electron chi connectivity index (χ1n) is 6.64. The third-order valence-corrected chi connectivity index (χ3v) is 3.41. The van der Waals surface area contributed by atoms with E-state index in [0.29, 0.717) is 17.5 Å². The molecule has 0 radical (unpaired) electrons. The van der Waals surface area contributed by atoms with E-state index in [-0.39, 0.29) is 0 Å². The summed E-state index contributed by atoms with van der Waals surface area (Å²) < 4.78 is 0. The first kappa shape index (κ1) is 14.2. The molecule has 1 aliphatic carbocycles. The van der Waals surface area contributed by atoms with Crippen molar-refractivity contribution in [2.24, 2.45) is 5.92 Å². The van der Waals surface area contributed by atoms with Crippen molar-refractivity contribution in [2.75, 3.05) is 13.1 Å². The molecular formula is C14H25NO2. The summed E-state index contributed by atoms with van der Waals surface area (Å²) in [5, 5.41) is 8.86. The van der Waals surface area contributed by atoms with Gasteiger partial charge in [0.25, 0.3) is 0 Å². The molecular weight excluding hydrogens is 214 g/mol. The zero-order valence-corrected chi connectivity index (χ0v) is 11.3. The normalized spacial score (nSPS) is 18.3. The van der Waals surface area contributed by atoms with Crippen LogP contribution in [0.2, 0.25) is 0 Å². The molecule has 0 atom stereocenters. The smallest absolute Gasteiger partial charge is 0.330 e. The topological polar surface area (TPSA) is 40.5 Å². The first-order valence-corrected chi connectivity index (χ1v) is 6.64. The molecule has 0 aliphatic heterocycles. The van der Waals surface area contributed by atoms with Crippen LogP contribution in [-0.2, 0) is 4.79 Å². The maximum atomic E-state index is 10.8. The number of aliphatic carboxylic acids is 1. The fourth-order valence-electron chi connectivity index (χ4n) is 2.45. The summed E-state index contributed by atoms with van der Waals surface area (Å²) in [6, 6.07) is 0.662. The van der Waals surface area contributed by atoms with Gasteiger partial charge >= 0.3 is 5.97 Å². The van der Waals surface area contributed by atoms with Gasteiger partial charge in [-0.3, -0.25) is 4.90 Å². The van der Waals surface area contributed by atoms with Gasteiger partial charge in [0, 0.05) is 24.7 Å². The summed E-state index contributed by atoms with van der Waals surface area (Å²) in [6.07, 6.45) is 7.03. The predicted octanol–water partition coefficient (Wildman–Crippen LogP) is 2.92. The highest BCUT2D eigenvalue weighted by Crippen LogP contribution is 2.24. The van der Waals surface area contributed by atoms with Crippen LogP contribution in [0.1, 0.15) is 46.5 Å². The predicted molar refractivity (Wildman–Crippen MR) is 70.1 cm³/mol. The Morgan fingerprint density at radius 2 is 2.00 bits per heavy atom. The maximum Gasteiger partial charge on any atom is 0.330 e. The summed E-state index contributed by atoms with van der Waals surface area (Å²) in [5.41, 5.74) is 0.455. The highest BCUT2D eigenvalue weighted by atomic mass is 16.4. The van der Waals surface area contributed by atoms with Crippen LogP contribution in [0.3, 0.4) is 0 Å². The van der Waals surface area contributed by atoms with Crippen molar-refractivity contribution in [3.63, 3.8) is 0 Å². The Hall–Kier alpha value is -0.830. The molecule has 1 aliphatic rings. The van der Waals surface area contributed by atoms with Gasteiger partial charge in [0.1, 0.15) is 0 Å². The number of hydrogen-bond donors (Lipinski definition) is 1. The van der Waals surface area contributed by atoms with Gasteiger partial charge in [-0.1, -0.05) is 32.8 Å². The Labute approximate surface area is 105 Å². The third kappa shape index (κ3) is 4.90. The fraction of sp³-hybridized carbons (Fsp3) is 0.786. The molecule has 0 heterocycles. The fourth-order valence-corrected chi connectivity index (χ4v) is 2.45. The van der Waals surface area contributed by atoms with Gasteiger partial charge < -0.3 is 5.11 Å². The van der Waals surface area contributed by atoms with Crippen molar-refractivity contribution < 1.29 is 9.90 Å². The number of carboxylic acid groups (broad SMARTS) is 1. The number of nitrogens with zero attached hydrogens (tertiary/aromatic N) is 1. The summed E-state index contributed by atoms with van der Waals surface area (Å²) >= 11 is 0. The first-order chi connectivity index (χ1) is 8.00. The van der Waals surface area contributed by atoms with E-state index in [4.69, 9.17) is 5.11 Å². The highest BCUT2D eigenvalue weighted by Gasteiger charge is 2.22. The lowest BCUT2D eigenvalue weighted by molar-refractivity contribution is -0.132. The van der Waals surface area contributed by atoms with Crippen LogP contribution in [0.5, 0.6) is 0 Å². The van der Waals surface area contributed by atoms with E-state index in [2.05, 4.69) is 18.7 Å². The zero-order chi connectivity index (χ0) is 12.8. The molecule has 0 unspecified atom stereocenters. The summed E-state index contributed by atoms with van der Waals surface area (Å²) in [7, 11) is 0. The molecule has 0 aromatic carbocycles. The largest absolute Gasteiger partial charge is 0.478 e. The molecule has 1 N–H and O–H groups in total. The molecule has 17 heavy (non-hydrogen) atoms. The lowest BCUT2D eigenvalue weighted by Crippen LogP contribution is -2.36. The van der Waals surface area contributed by atoms with E-state index in [1.165, 1.54) is 25.7 Å². The Balaban J connectivity index is 2.56. The summed E-state index contributed by atoms with van der Waals surface area (Å²) in [6.45, 7) is 7.95. The van der Waals surface area contributed by atoms with Crippen molar-refractivity contribution in [2.45, 2.75) is 52.5 Å². The van der Waals surface area contributed by atoms with Crippen molar-refractivity contribution in [3.05, 3.63) is 11.6 Å². The highest BCUT2D eigenvalue weighted by molar-refractivity contribution is 5.85. The van der Waals surface area contributed by atoms with Crippen LogP contribution in [0.4, 0.5) is 0 Å². The lowest BCUT2D eigenvalue weighted by atomic mass is 10.1. The van der Waals surface area contributed by atoms with Gasteiger partial charge in [-0.25, -0.2) is 4.79 Å². The van der Waals surface area contributed by atoms with Gasteiger partial charge in [0.2, 0.25) is 0 Å². The standard InChI is InChI=1S/C14H25NO2/c1-11(2)10-15(13-6-4-5-7-13)9-8-12(3)14(16)17/h8,11,13H,4-7,9-10H2,1-3H3,(H,16,17). The quantitative estimate of drug-likeness (QED) is 0.724. The van der Waals surface area contributed by atoms with Crippen molar-refractivity contribution in [3.8, 4) is 0 Å². The van der Waals surface area contributed by atoms with Crippen molar-refractivity contribution in [1.29, 1.82) is 0 Å². The van der Waals surface area contributed by atoms with Crippen LogP contribution in [0.25, 0.3) is 0 Å². The molecule has 1 rings (SSSR count). The average Bonchev–Trinajstić information content (AvgIpc) is 2.76. The van der Waals surface area contributed by atoms with E-state index in [1.54, 1.807) is 6.92 Å². The van der Waals surface area contributed by atoms with Gasteiger partial charge in [-0.05, 0) is 25.7 Å². The molecule has 0 aromatic rings. The van der Waals surface area contributed by atoms with Crippen LogP contribution in [0.15, 0.2) is 11.6 Å². The Morgan fingerprint density at radius 1 is 1.41 bits per heavy atom. The average molecular weight is 239 g/mol. The van der Waals surface area contributed by atoms with E-state index in [1.807, 2.05) is 6.08 Å².